The van der Waals surface area contributed by atoms with Crippen molar-refractivity contribution in [2.45, 2.75) is 38.2 Å². The summed E-state index contributed by atoms with van der Waals surface area (Å²) in [5, 5.41) is 28.5. The summed E-state index contributed by atoms with van der Waals surface area (Å²) in [5.74, 6) is 0.191. The molecular formula is C25H41N5O4. The number of nitrogens with zero attached hydrogens (tertiary/aromatic N) is 2. The maximum absolute atomic E-state index is 12.6. The van der Waals surface area contributed by atoms with Crippen molar-refractivity contribution < 1.29 is 19.7 Å². The largest absolute Gasteiger partial charge is 0.478 e. The highest BCUT2D eigenvalue weighted by Crippen LogP contribution is 2.77. The van der Waals surface area contributed by atoms with E-state index in [0.717, 1.165) is 31.5 Å². The number of aliphatic imine (C=N–C) groups is 1. The molecule has 6 unspecified atom stereocenters. The molecule has 0 aromatic carbocycles. The standard InChI is InChI=1S/C25H41N5O4/c1-16-5-6-17-11-19-20(21(31)32)23(33,15-34-4)13-24(16,19)25(17)14-30(10-7-18(25)12-28-3)22(26)29-9-8-27-2/h7,10,16-18,27-28,33H,5-6,8-9,11-15H2,1-4H3,(H2,26,29)(H,31,32). The fourth-order valence-electron chi connectivity index (χ4n) is 8.10. The molecule has 34 heavy (non-hydrogen) atoms. The number of likely N-dealkylation sites (N-methyl/N-ethyl adjacent to an activating group) is 1. The fourth-order valence-corrected chi connectivity index (χ4v) is 8.10. The van der Waals surface area contributed by atoms with Gasteiger partial charge >= 0.3 is 5.97 Å². The van der Waals surface area contributed by atoms with Crippen molar-refractivity contribution in [1.82, 2.24) is 15.5 Å². The first-order valence-electron chi connectivity index (χ1n) is 12.4. The van der Waals surface area contributed by atoms with E-state index < -0.39 is 17.0 Å². The number of aliphatic carboxylic acids is 1. The Hall–Kier alpha value is -1.94. The van der Waals surface area contributed by atoms with Crippen molar-refractivity contribution in [3.05, 3.63) is 23.4 Å². The highest BCUT2D eigenvalue weighted by Gasteiger charge is 2.74. The second kappa shape index (κ2) is 9.26. The van der Waals surface area contributed by atoms with E-state index in [4.69, 9.17) is 10.5 Å². The van der Waals surface area contributed by atoms with Gasteiger partial charge in [0, 0.05) is 43.8 Å². The van der Waals surface area contributed by atoms with Crippen LogP contribution in [0.25, 0.3) is 0 Å². The number of aliphatic hydroxyl groups is 1. The Balaban J connectivity index is 1.88. The van der Waals surface area contributed by atoms with E-state index in [1.807, 2.05) is 25.2 Å². The molecule has 3 aliphatic carbocycles. The van der Waals surface area contributed by atoms with Crippen LogP contribution in [0.15, 0.2) is 28.4 Å². The van der Waals surface area contributed by atoms with Crippen molar-refractivity contribution in [1.29, 1.82) is 0 Å². The first kappa shape index (κ1) is 25.2. The molecule has 1 aliphatic heterocycles. The van der Waals surface area contributed by atoms with Crippen LogP contribution in [0.3, 0.4) is 0 Å². The van der Waals surface area contributed by atoms with Gasteiger partial charge in [0.05, 0.1) is 18.7 Å². The summed E-state index contributed by atoms with van der Waals surface area (Å²) in [6.07, 6.45) is 7.41. The lowest BCUT2D eigenvalue weighted by Gasteiger charge is -2.61. The van der Waals surface area contributed by atoms with Crippen molar-refractivity contribution >= 4 is 11.9 Å². The van der Waals surface area contributed by atoms with E-state index in [-0.39, 0.29) is 29.4 Å². The number of hydrogen-bond acceptors (Lipinski definition) is 6. The van der Waals surface area contributed by atoms with Gasteiger partial charge in [0.15, 0.2) is 5.96 Å². The van der Waals surface area contributed by atoms with Crippen LogP contribution in [0, 0.1) is 28.6 Å². The van der Waals surface area contributed by atoms with Gasteiger partial charge in [0.2, 0.25) is 0 Å². The molecule has 2 spiro atoms. The van der Waals surface area contributed by atoms with Crippen molar-refractivity contribution in [2.75, 3.05) is 54.0 Å². The quantitative estimate of drug-likeness (QED) is 0.198. The van der Waals surface area contributed by atoms with Crippen LogP contribution in [-0.4, -0.2) is 86.6 Å². The highest BCUT2D eigenvalue weighted by atomic mass is 16.5. The molecule has 2 saturated carbocycles. The van der Waals surface area contributed by atoms with E-state index in [9.17, 15) is 15.0 Å². The fraction of sp³-hybridized carbons (Fsp3) is 0.760. The highest BCUT2D eigenvalue weighted by molar-refractivity contribution is 5.92. The number of allylic oxidation sites excluding steroid dienone is 1. The van der Waals surface area contributed by atoms with Gasteiger partial charge in [-0.3, -0.25) is 4.99 Å². The molecule has 6 atom stereocenters. The van der Waals surface area contributed by atoms with Gasteiger partial charge < -0.3 is 36.2 Å². The van der Waals surface area contributed by atoms with E-state index in [0.29, 0.717) is 37.8 Å². The molecule has 9 heteroatoms. The lowest BCUT2D eigenvalue weighted by atomic mass is 9.46. The number of hydrogen-bond donors (Lipinski definition) is 5. The minimum atomic E-state index is -1.50. The van der Waals surface area contributed by atoms with Crippen LogP contribution in [0.1, 0.15) is 32.6 Å². The van der Waals surface area contributed by atoms with Crippen molar-refractivity contribution in [3.63, 3.8) is 0 Å². The Kier molecular flexibility index (Phi) is 6.85. The van der Waals surface area contributed by atoms with Crippen LogP contribution < -0.4 is 16.4 Å². The summed E-state index contributed by atoms with van der Waals surface area (Å²) in [4.78, 5) is 19.2. The molecule has 0 aromatic heterocycles. The molecule has 4 rings (SSSR count). The Morgan fingerprint density at radius 3 is 2.76 bits per heavy atom. The normalized spacial score (nSPS) is 39.3. The summed E-state index contributed by atoms with van der Waals surface area (Å²) in [7, 11) is 5.37. The third kappa shape index (κ3) is 3.43. The SMILES string of the molecule is CNCCN=C(N)N1C=CC(CNC)C2(C1)C1CCC(C)C23CC(O)(COC)C(C(=O)O)=C3C1. The molecule has 0 saturated heterocycles. The summed E-state index contributed by atoms with van der Waals surface area (Å²) < 4.78 is 5.38. The number of carboxylic acids is 1. The van der Waals surface area contributed by atoms with Crippen molar-refractivity contribution in [2.24, 2.45) is 39.3 Å². The summed E-state index contributed by atoms with van der Waals surface area (Å²) in [6.45, 7) is 5.01. The summed E-state index contributed by atoms with van der Waals surface area (Å²) in [6, 6.07) is 0. The molecule has 2 fully saturated rings. The Morgan fingerprint density at radius 2 is 2.12 bits per heavy atom. The minimum Gasteiger partial charge on any atom is -0.478 e. The zero-order chi connectivity index (χ0) is 24.7. The number of ether oxygens (including phenoxy) is 1. The lowest BCUT2D eigenvalue weighted by Crippen LogP contribution is -2.62. The van der Waals surface area contributed by atoms with Gasteiger partial charge in [-0.15, -0.1) is 0 Å². The number of methoxy groups -OCH3 is 1. The molecule has 0 amide bonds. The molecule has 9 nitrogen and oxygen atoms in total. The third-order valence-corrected chi connectivity index (χ3v) is 9.22. The molecule has 0 radical (unpaired) electrons. The van der Waals surface area contributed by atoms with Crippen LogP contribution in [0.5, 0.6) is 0 Å². The Labute approximate surface area is 202 Å². The van der Waals surface area contributed by atoms with Gasteiger partial charge in [-0.05, 0) is 63.1 Å². The maximum Gasteiger partial charge on any atom is 0.334 e. The van der Waals surface area contributed by atoms with Gasteiger partial charge in [0.1, 0.15) is 5.60 Å². The summed E-state index contributed by atoms with van der Waals surface area (Å²) >= 11 is 0. The zero-order valence-corrected chi connectivity index (χ0v) is 20.9. The predicted molar refractivity (Wildman–Crippen MR) is 131 cm³/mol. The molecule has 0 aromatic rings. The number of rotatable bonds is 8. The second-order valence-corrected chi connectivity index (χ2v) is 10.7. The monoisotopic (exact) mass is 475 g/mol. The number of carbonyl (C=O) groups is 1. The van der Waals surface area contributed by atoms with Gasteiger partial charge in [-0.1, -0.05) is 13.0 Å². The van der Waals surface area contributed by atoms with Crippen LogP contribution in [0.2, 0.25) is 0 Å². The van der Waals surface area contributed by atoms with E-state index in [2.05, 4.69) is 28.6 Å². The second-order valence-electron chi connectivity index (χ2n) is 10.7. The number of carboxylic acid groups (broad SMARTS) is 1. The smallest absolute Gasteiger partial charge is 0.334 e. The predicted octanol–water partition coefficient (Wildman–Crippen LogP) is 0.770. The number of nitrogens with one attached hydrogen (secondary N) is 2. The average Bonchev–Trinajstić information content (AvgIpc) is 3.13. The van der Waals surface area contributed by atoms with E-state index in [1.165, 1.54) is 7.11 Å². The van der Waals surface area contributed by atoms with Gasteiger partial charge in [0.25, 0.3) is 0 Å². The van der Waals surface area contributed by atoms with Crippen LogP contribution in [-0.2, 0) is 9.53 Å². The molecule has 2 bridgehead atoms. The van der Waals surface area contributed by atoms with E-state index in [1.54, 1.807) is 0 Å². The Morgan fingerprint density at radius 1 is 1.35 bits per heavy atom. The third-order valence-electron chi connectivity index (χ3n) is 9.22. The van der Waals surface area contributed by atoms with E-state index >= 15 is 0 Å². The molecule has 190 valence electrons. The molecule has 4 aliphatic rings. The van der Waals surface area contributed by atoms with Crippen molar-refractivity contribution in [3.8, 4) is 0 Å². The Bertz CT molecular complexity index is 904. The number of guanidine groups is 1. The number of nitrogens with two attached hydrogens (primary N) is 1. The lowest BCUT2D eigenvalue weighted by molar-refractivity contribution is -0.138. The molecular weight excluding hydrogens is 434 g/mol. The first-order valence-corrected chi connectivity index (χ1v) is 12.4. The average molecular weight is 476 g/mol. The maximum atomic E-state index is 12.6. The minimum absolute atomic E-state index is 0.0167. The van der Waals surface area contributed by atoms with Crippen LogP contribution in [0.4, 0.5) is 0 Å². The topological polar surface area (TPSA) is 132 Å². The molecule has 1 heterocycles. The molecule has 6 N–H and O–H groups in total. The zero-order valence-electron chi connectivity index (χ0n) is 20.9. The van der Waals surface area contributed by atoms with Gasteiger partial charge in [-0.25, -0.2) is 4.79 Å². The van der Waals surface area contributed by atoms with Gasteiger partial charge in [-0.2, -0.15) is 0 Å². The summed E-state index contributed by atoms with van der Waals surface area (Å²) in [5.41, 5.74) is 5.37. The van der Waals surface area contributed by atoms with Crippen LogP contribution >= 0.6 is 0 Å². The first-order chi connectivity index (χ1) is 16.2.